The number of carbonyl (C=O) groups excluding carboxylic acids is 1. The summed E-state index contributed by atoms with van der Waals surface area (Å²) in [6, 6.07) is 14.4. The van der Waals surface area contributed by atoms with E-state index in [2.05, 4.69) is 41.4 Å². The Morgan fingerprint density at radius 3 is 2.32 bits per heavy atom. The summed E-state index contributed by atoms with van der Waals surface area (Å²) in [5.41, 5.74) is 2.46. The number of aryl methyl sites for hydroxylation is 1. The van der Waals surface area contributed by atoms with Gasteiger partial charge in [0, 0.05) is 6.54 Å². The molecule has 2 aromatic carbocycles. The second kappa shape index (κ2) is 10.2. The molecular weight excluding hydrogens is 355 g/mol. The third kappa shape index (κ3) is 6.06. The van der Waals surface area contributed by atoms with Crippen LogP contribution in [-0.2, 0) is 4.79 Å². The Hall–Kier alpha value is -2.40. The van der Waals surface area contributed by atoms with Crippen LogP contribution in [0.1, 0.15) is 42.9 Å². The molecule has 1 saturated heterocycles. The van der Waals surface area contributed by atoms with Crippen molar-refractivity contribution in [2.75, 3.05) is 26.2 Å². The fourth-order valence-corrected chi connectivity index (χ4v) is 3.59. The highest BCUT2D eigenvalue weighted by atomic mass is 19.1. The molecule has 5 heteroatoms. The van der Waals surface area contributed by atoms with E-state index in [0.717, 1.165) is 13.1 Å². The fraction of sp³-hybridized carbons (Fsp3) is 0.435. The van der Waals surface area contributed by atoms with Crippen molar-refractivity contribution in [1.82, 2.24) is 10.2 Å². The Morgan fingerprint density at radius 2 is 1.68 bits per heavy atom. The molecule has 1 amide bonds. The van der Waals surface area contributed by atoms with Crippen molar-refractivity contribution in [3.8, 4) is 5.75 Å². The Balaban J connectivity index is 1.59. The minimum atomic E-state index is -0.324. The summed E-state index contributed by atoms with van der Waals surface area (Å²) in [5, 5.41) is 3.02. The lowest BCUT2D eigenvalue weighted by Crippen LogP contribution is -2.40. The first-order valence-corrected chi connectivity index (χ1v) is 10.1. The van der Waals surface area contributed by atoms with Crippen LogP contribution in [0.3, 0.4) is 0 Å². The van der Waals surface area contributed by atoms with Crippen LogP contribution in [0.2, 0.25) is 0 Å². The zero-order valence-electron chi connectivity index (χ0n) is 16.5. The predicted molar refractivity (Wildman–Crippen MR) is 109 cm³/mol. The second-order valence-electron chi connectivity index (χ2n) is 7.42. The summed E-state index contributed by atoms with van der Waals surface area (Å²) >= 11 is 0. The standard InChI is InChI=1S/C23H29FN2O2/c1-18-6-8-19(9-7-18)22(26-14-4-2-3-5-15-26)16-25-23(27)17-28-21-12-10-20(24)11-13-21/h6-13,22H,2-5,14-17H2,1H3,(H,25,27)/t22-/m1/s1. The van der Waals surface area contributed by atoms with Crippen molar-refractivity contribution in [1.29, 1.82) is 0 Å². The quantitative estimate of drug-likeness (QED) is 0.776. The first-order chi connectivity index (χ1) is 13.6. The van der Waals surface area contributed by atoms with Gasteiger partial charge in [0.2, 0.25) is 0 Å². The summed E-state index contributed by atoms with van der Waals surface area (Å²) in [4.78, 5) is 14.8. The van der Waals surface area contributed by atoms with Crippen LogP contribution in [0, 0.1) is 12.7 Å². The number of ether oxygens (including phenoxy) is 1. The van der Waals surface area contributed by atoms with Crippen LogP contribution in [-0.4, -0.2) is 37.0 Å². The van der Waals surface area contributed by atoms with E-state index in [4.69, 9.17) is 4.74 Å². The van der Waals surface area contributed by atoms with Gasteiger partial charge in [0.25, 0.3) is 5.91 Å². The van der Waals surface area contributed by atoms with Crippen LogP contribution < -0.4 is 10.1 Å². The number of amides is 1. The number of carbonyl (C=O) groups is 1. The maximum absolute atomic E-state index is 12.9. The Morgan fingerprint density at radius 1 is 1.04 bits per heavy atom. The molecule has 0 saturated carbocycles. The van der Waals surface area contributed by atoms with Gasteiger partial charge in [-0.3, -0.25) is 9.69 Å². The van der Waals surface area contributed by atoms with Crippen LogP contribution in [0.25, 0.3) is 0 Å². The summed E-state index contributed by atoms with van der Waals surface area (Å²) in [7, 11) is 0. The molecule has 150 valence electrons. The third-order valence-electron chi connectivity index (χ3n) is 5.22. The largest absolute Gasteiger partial charge is 0.484 e. The van der Waals surface area contributed by atoms with Crippen molar-refractivity contribution < 1.29 is 13.9 Å². The smallest absolute Gasteiger partial charge is 0.258 e. The predicted octanol–water partition coefficient (Wildman–Crippen LogP) is 4.25. The normalized spacial score (nSPS) is 16.2. The van der Waals surface area contributed by atoms with Crippen molar-refractivity contribution in [2.45, 2.75) is 38.6 Å². The van der Waals surface area contributed by atoms with Crippen molar-refractivity contribution in [3.05, 3.63) is 65.5 Å². The van der Waals surface area contributed by atoms with Gasteiger partial charge in [-0.15, -0.1) is 0 Å². The second-order valence-corrected chi connectivity index (χ2v) is 7.42. The summed E-state index contributed by atoms with van der Waals surface area (Å²) < 4.78 is 18.4. The SMILES string of the molecule is Cc1ccc([C@@H](CNC(=O)COc2ccc(F)cc2)N2CCCCCC2)cc1. The molecule has 1 aliphatic heterocycles. The van der Waals surface area contributed by atoms with E-state index in [-0.39, 0.29) is 24.4 Å². The third-order valence-corrected chi connectivity index (χ3v) is 5.22. The molecule has 1 atom stereocenters. The van der Waals surface area contributed by atoms with E-state index in [9.17, 15) is 9.18 Å². The van der Waals surface area contributed by atoms with Gasteiger partial charge in [0.1, 0.15) is 11.6 Å². The average molecular weight is 384 g/mol. The van der Waals surface area contributed by atoms with E-state index in [1.54, 1.807) is 0 Å². The molecule has 28 heavy (non-hydrogen) atoms. The zero-order valence-corrected chi connectivity index (χ0v) is 16.5. The topological polar surface area (TPSA) is 41.6 Å². The van der Waals surface area contributed by atoms with Crippen LogP contribution in [0.4, 0.5) is 4.39 Å². The lowest BCUT2D eigenvalue weighted by atomic mass is 10.0. The highest BCUT2D eigenvalue weighted by molar-refractivity contribution is 5.77. The van der Waals surface area contributed by atoms with Gasteiger partial charge in [0.05, 0.1) is 6.04 Å². The molecule has 0 unspecified atom stereocenters. The number of hydrogen-bond acceptors (Lipinski definition) is 3. The molecule has 0 aliphatic carbocycles. The summed E-state index contributed by atoms with van der Waals surface area (Å²) in [6.07, 6.45) is 4.94. The Labute approximate surface area is 166 Å². The number of benzene rings is 2. The Kier molecular flexibility index (Phi) is 7.43. The van der Waals surface area contributed by atoms with Crippen LogP contribution in [0.5, 0.6) is 5.75 Å². The lowest BCUT2D eigenvalue weighted by Gasteiger charge is -2.31. The van der Waals surface area contributed by atoms with E-state index in [1.807, 2.05) is 0 Å². The number of halogens is 1. The van der Waals surface area contributed by atoms with E-state index < -0.39 is 0 Å². The molecule has 0 bridgehead atoms. The maximum atomic E-state index is 12.9. The number of nitrogens with one attached hydrogen (secondary N) is 1. The minimum Gasteiger partial charge on any atom is -0.484 e. The molecule has 0 radical (unpaired) electrons. The average Bonchev–Trinajstić information content (AvgIpc) is 2.98. The first kappa shape index (κ1) is 20.3. The highest BCUT2D eigenvalue weighted by Gasteiger charge is 2.22. The van der Waals surface area contributed by atoms with Gasteiger partial charge in [-0.1, -0.05) is 42.7 Å². The lowest BCUT2D eigenvalue weighted by molar-refractivity contribution is -0.123. The van der Waals surface area contributed by atoms with Crippen molar-refractivity contribution >= 4 is 5.91 Å². The van der Waals surface area contributed by atoms with Crippen molar-refractivity contribution in [2.24, 2.45) is 0 Å². The molecule has 1 heterocycles. The van der Waals surface area contributed by atoms with E-state index in [0.29, 0.717) is 12.3 Å². The first-order valence-electron chi connectivity index (χ1n) is 10.1. The fourth-order valence-electron chi connectivity index (χ4n) is 3.59. The molecule has 1 aliphatic rings. The monoisotopic (exact) mass is 384 g/mol. The molecular formula is C23H29FN2O2. The van der Waals surface area contributed by atoms with Gasteiger partial charge in [0.15, 0.2) is 6.61 Å². The van der Waals surface area contributed by atoms with Gasteiger partial charge in [-0.05, 0) is 62.7 Å². The molecule has 4 nitrogen and oxygen atoms in total. The number of likely N-dealkylation sites (tertiary alicyclic amines) is 1. The molecule has 0 spiro atoms. The molecule has 0 aromatic heterocycles. The molecule has 3 rings (SSSR count). The van der Waals surface area contributed by atoms with Gasteiger partial charge in [-0.25, -0.2) is 4.39 Å². The van der Waals surface area contributed by atoms with Crippen LogP contribution >= 0.6 is 0 Å². The van der Waals surface area contributed by atoms with Gasteiger partial charge in [-0.2, -0.15) is 0 Å². The minimum absolute atomic E-state index is 0.0771. The highest BCUT2D eigenvalue weighted by Crippen LogP contribution is 2.24. The van der Waals surface area contributed by atoms with Gasteiger partial charge < -0.3 is 10.1 Å². The summed E-state index contributed by atoms with van der Waals surface area (Å²) in [5.74, 6) is -0.00870. The zero-order chi connectivity index (χ0) is 19.8. The molecule has 1 N–H and O–H groups in total. The molecule has 2 aromatic rings. The summed E-state index contributed by atoms with van der Waals surface area (Å²) in [6.45, 7) is 4.67. The van der Waals surface area contributed by atoms with E-state index >= 15 is 0 Å². The van der Waals surface area contributed by atoms with Crippen molar-refractivity contribution in [3.63, 3.8) is 0 Å². The maximum Gasteiger partial charge on any atom is 0.258 e. The number of nitrogens with zero attached hydrogens (tertiary/aromatic N) is 1. The Bertz CT molecular complexity index is 738. The number of rotatable bonds is 7. The van der Waals surface area contributed by atoms with Gasteiger partial charge >= 0.3 is 0 Å². The van der Waals surface area contributed by atoms with Crippen LogP contribution in [0.15, 0.2) is 48.5 Å². The van der Waals surface area contributed by atoms with E-state index in [1.165, 1.54) is 61.1 Å². The number of hydrogen-bond donors (Lipinski definition) is 1. The molecule has 1 fully saturated rings.